The number of H-pyrrole nitrogens is 1. The van der Waals surface area contributed by atoms with Crippen LogP contribution in [0.2, 0.25) is 5.02 Å². The smallest absolute Gasteiger partial charge is 0.321 e. The van der Waals surface area contributed by atoms with Crippen molar-refractivity contribution in [3.63, 3.8) is 0 Å². The third-order valence-corrected chi connectivity index (χ3v) is 6.07. The molecule has 1 unspecified atom stereocenters. The molecular weight excluding hydrogens is 464 g/mol. The van der Waals surface area contributed by atoms with E-state index in [0.29, 0.717) is 42.7 Å². The van der Waals surface area contributed by atoms with Gasteiger partial charge in [0.25, 0.3) is 0 Å². The van der Waals surface area contributed by atoms with E-state index in [1.807, 2.05) is 68.6 Å². The number of aliphatic carboxylic acids is 1. The number of ether oxygens (including phenoxy) is 2. The lowest BCUT2D eigenvalue weighted by atomic mass is 10.0. The van der Waals surface area contributed by atoms with E-state index in [4.69, 9.17) is 21.1 Å². The number of rotatable bonds is 11. The molecule has 0 aliphatic rings. The van der Waals surface area contributed by atoms with Crippen molar-refractivity contribution in [3.8, 4) is 11.5 Å². The largest absolute Gasteiger partial charge is 0.490 e. The molecule has 7 heteroatoms. The fourth-order valence-electron chi connectivity index (χ4n) is 4.09. The van der Waals surface area contributed by atoms with Crippen LogP contribution in [0.25, 0.3) is 10.9 Å². The molecule has 3 N–H and O–H groups in total. The van der Waals surface area contributed by atoms with E-state index >= 15 is 0 Å². The number of aromatic amines is 1. The molecule has 4 aromatic rings. The fourth-order valence-corrected chi connectivity index (χ4v) is 4.38. The quantitative estimate of drug-likeness (QED) is 0.243. The minimum atomic E-state index is -0.912. The van der Waals surface area contributed by atoms with Gasteiger partial charge in [-0.25, -0.2) is 0 Å². The van der Waals surface area contributed by atoms with E-state index in [1.165, 1.54) is 0 Å². The van der Waals surface area contributed by atoms with Crippen LogP contribution in [0.3, 0.4) is 0 Å². The molecule has 0 amide bonds. The summed E-state index contributed by atoms with van der Waals surface area (Å²) in [6.45, 7) is 5.06. The zero-order valence-corrected chi connectivity index (χ0v) is 20.6. The predicted octanol–water partition coefficient (Wildman–Crippen LogP) is 5.89. The number of benzene rings is 3. The number of para-hydroxylation sites is 1. The molecule has 0 radical (unpaired) electrons. The number of nitrogens with one attached hydrogen (secondary N) is 2. The first-order chi connectivity index (χ1) is 16.9. The highest BCUT2D eigenvalue weighted by Gasteiger charge is 2.20. The normalized spacial score (nSPS) is 12.0. The Morgan fingerprint density at radius 1 is 1.09 bits per heavy atom. The van der Waals surface area contributed by atoms with Crippen molar-refractivity contribution in [1.82, 2.24) is 10.3 Å². The van der Waals surface area contributed by atoms with Gasteiger partial charge in [0.05, 0.1) is 11.6 Å². The van der Waals surface area contributed by atoms with Gasteiger partial charge < -0.3 is 24.9 Å². The lowest BCUT2D eigenvalue weighted by Gasteiger charge is -2.18. The van der Waals surface area contributed by atoms with Gasteiger partial charge in [0.1, 0.15) is 12.6 Å². The van der Waals surface area contributed by atoms with Gasteiger partial charge in [-0.15, -0.1) is 0 Å². The van der Waals surface area contributed by atoms with Crippen molar-refractivity contribution in [1.29, 1.82) is 0 Å². The van der Waals surface area contributed by atoms with Crippen molar-refractivity contribution in [2.45, 2.75) is 39.5 Å². The van der Waals surface area contributed by atoms with Crippen LogP contribution in [-0.2, 0) is 24.4 Å². The molecule has 0 bridgehead atoms. The van der Waals surface area contributed by atoms with Crippen LogP contribution in [0.4, 0.5) is 0 Å². The number of aryl methyl sites for hydroxylation is 1. The SMILES string of the molecule is CCOc1cc(CNC(Cc2c[nH]c3ccccc23)C(=O)O)cc(Cl)c1OCc1cccc(C)c1. The van der Waals surface area contributed by atoms with Crippen molar-refractivity contribution >= 4 is 28.5 Å². The Balaban J connectivity index is 1.47. The molecule has 182 valence electrons. The van der Waals surface area contributed by atoms with E-state index in [9.17, 15) is 9.90 Å². The molecule has 0 saturated heterocycles. The van der Waals surface area contributed by atoms with Gasteiger partial charge in [-0.1, -0.05) is 59.6 Å². The average Bonchev–Trinajstić information content (AvgIpc) is 3.24. The Labute approximate surface area is 209 Å². The Morgan fingerprint density at radius 2 is 1.91 bits per heavy atom. The fraction of sp³-hybridized carbons (Fsp3) is 0.250. The zero-order chi connectivity index (χ0) is 24.8. The van der Waals surface area contributed by atoms with Gasteiger partial charge in [0.15, 0.2) is 11.5 Å². The second-order valence-electron chi connectivity index (χ2n) is 8.45. The molecule has 0 aliphatic heterocycles. The molecular formula is C28H29ClN2O4. The molecule has 0 fully saturated rings. The van der Waals surface area contributed by atoms with Crippen LogP contribution in [0.15, 0.2) is 66.9 Å². The standard InChI is InChI=1S/C28H29ClN2O4/c1-3-34-26-13-20(12-23(29)27(26)35-17-19-8-6-7-18(2)11-19)15-30-25(28(32)33)14-21-16-31-24-10-5-4-9-22(21)24/h4-13,16,25,30-31H,3,14-15,17H2,1-2H3,(H,32,33). The second-order valence-corrected chi connectivity index (χ2v) is 8.86. The van der Waals surface area contributed by atoms with Crippen molar-refractivity contribution in [3.05, 3.63) is 94.1 Å². The predicted molar refractivity (Wildman–Crippen MR) is 138 cm³/mol. The highest BCUT2D eigenvalue weighted by molar-refractivity contribution is 6.32. The highest BCUT2D eigenvalue weighted by atomic mass is 35.5. The summed E-state index contributed by atoms with van der Waals surface area (Å²) in [5.74, 6) is 0.102. The molecule has 1 aromatic heterocycles. The summed E-state index contributed by atoms with van der Waals surface area (Å²) in [6, 6.07) is 18.8. The van der Waals surface area contributed by atoms with Crippen molar-refractivity contribution in [2.24, 2.45) is 0 Å². The zero-order valence-electron chi connectivity index (χ0n) is 19.8. The minimum Gasteiger partial charge on any atom is -0.490 e. The molecule has 1 atom stereocenters. The number of carbonyl (C=O) groups is 1. The lowest BCUT2D eigenvalue weighted by molar-refractivity contribution is -0.139. The topological polar surface area (TPSA) is 83.6 Å². The first kappa shape index (κ1) is 24.6. The summed E-state index contributed by atoms with van der Waals surface area (Å²) >= 11 is 6.57. The maximum atomic E-state index is 12.0. The molecule has 0 spiro atoms. The van der Waals surface area contributed by atoms with Gasteiger partial charge in [0, 0.05) is 30.1 Å². The van der Waals surface area contributed by atoms with Gasteiger partial charge in [0.2, 0.25) is 0 Å². The maximum Gasteiger partial charge on any atom is 0.321 e. The first-order valence-corrected chi connectivity index (χ1v) is 12.0. The molecule has 0 saturated carbocycles. The van der Waals surface area contributed by atoms with Crippen molar-refractivity contribution in [2.75, 3.05) is 6.61 Å². The van der Waals surface area contributed by atoms with Crippen LogP contribution in [0.1, 0.15) is 29.2 Å². The summed E-state index contributed by atoms with van der Waals surface area (Å²) < 4.78 is 11.8. The highest BCUT2D eigenvalue weighted by Crippen LogP contribution is 2.37. The van der Waals surface area contributed by atoms with E-state index < -0.39 is 12.0 Å². The van der Waals surface area contributed by atoms with Gasteiger partial charge >= 0.3 is 5.97 Å². The van der Waals surface area contributed by atoms with E-state index in [0.717, 1.165) is 33.2 Å². The Kier molecular flexibility index (Phi) is 7.95. The summed E-state index contributed by atoms with van der Waals surface area (Å²) in [5, 5.41) is 14.4. The third kappa shape index (κ3) is 6.15. The van der Waals surface area contributed by atoms with E-state index in [2.05, 4.69) is 16.4 Å². The molecule has 1 heterocycles. The van der Waals surface area contributed by atoms with Gasteiger partial charge in [-0.05, 0) is 48.7 Å². The lowest BCUT2D eigenvalue weighted by Crippen LogP contribution is -2.38. The summed E-state index contributed by atoms with van der Waals surface area (Å²) in [4.78, 5) is 15.2. The van der Waals surface area contributed by atoms with Crippen LogP contribution in [0.5, 0.6) is 11.5 Å². The average molecular weight is 493 g/mol. The molecule has 4 rings (SSSR count). The summed E-state index contributed by atoms with van der Waals surface area (Å²) in [7, 11) is 0. The van der Waals surface area contributed by atoms with Gasteiger partial charge in [-0.3, -0.25) is 4.79 Å². The molecule has 6 nitrogen and oxygen atoms in total. The number of hydrogen-bond donors (Lipinski definition) is 3. The maximum absolute atomic E-state index is 12.0. The Morgan fingerprint density at radius 3 is 2.69 bits per heavy atom. The monoisotopic (exact) mass is 492 g/mol. The number of aromatic nitrogens is 1. The summed E-state index contributed by atoms with van der Waals surface area (Å²) in [5.41, 5.74) is 4.95. The molecule has 3 aromatic carbocycles. The van der Waals surface area contributed by atoms with Crippen molar-refractivity contribution < 1.29 is 19.4 Å². The van der Waals surface area contributed by atoms with E-state index in [-0.39, 0.29) is 0 Å². The molecule has 35 heavy (non-hydrogen) atoms. The van der Waals surface area contributed by atoms with Crippen LogP contribution < -0.4 is 14.8 Å². The number of halogens is 1. The second kappa shape index (κ2) is 11.3. The van der Waals surface area contributed by atoms with Crippen LogP contribution in [-0.4, -0.2) is 28.7 Å². The third-order valence-electron chi connectivity index (χ3n) is 5.78. The van der Waals surface area contributed by atoms with E-state index in [1.54, 1.807) is 6.07 Å². The molecule has 0 aliphatic carbocycles. The summed E-state index contributed by atoms with van der Waals surface area (Å²) in [6.07, 6.45) is 2.22. The van der Waals surface area contributed by atoms with Crippen LogP contribution >= 0.6 is 11.6 Å². The minimum absolute atomic E-state index is 0.317. The number of fused-ring (bicyclic) bond motifs is 1. The number of carboxylic acids is 1. The Bertz CT molecular complexity index is 1320. The first-order valence-electron chi connectivity index (χ1n) is 11.6. The number of carboxylic acid groups (broad SMARTS) is 1. The number of hydrogen-bond acceptors (Lipinski definition) is 4. The Hall–Kier alpha value is -3.48. The van der Waals surface area contributed by atoms with Crippen LogP contribution in [0, 0.1) is 6.92 Å². The van der Waals surface area contributed by atoms with Gasteiger partial charge in [-0.2, -0.15) is 0 Å².